The Balaban J connectivity index is 1.79. The lowest BCUT2D eigenvalue weighted by atomic mass is 10.1. The number of thiophene rings is 1. The molecule has 2 aromatic rings. The molecule has 25 heavy (non-hydrogen) atoms. The first-order valence-corrected chi connectivity index (χ1v) is 9.35. The number of amides is 1. The SMILES string of the molecule is CC(=O)NCCCc1ccc(C(=O)COC(=O)c2ccc(Br)s2)cc1. The van der Waals surface area contributed by atoms with Crippen LogP contribution in [0.25, 0.3) is 0 Å². The summed E-state index contributed by atoms with van der Waals surface area (Å²) >= 11 is 4.54. The molecule has 0 aliphatic carbocycles. The number of carbonyl (C=O) groups excluding carboxylic acids is 3. The lowest BCUT2D eigenvalue weighted by Crippen LogP contribution is -2.21. The topological polar surface area (TPSA) is 72.5 Å². The van der Waals surface area contributed by atoms with Crippen molar-refractivity contribution in [2.45, 2.75) is 19.8 Å². The second-order valence-corrected chi connectivity index (χ2v) is 7.85. The van der Waals surface area contributed by atoms with Crippen molar-refractivity contribution in [3.8, 4) is 0 Å². The summed E-state index contributed by atoms with van der Waals surface area (Å²) in [5.41, 5.74) is 1.59. The summed E-state index contributed by atoms with van der Waals surface area (Å²) in [4.78, 5) is 35.2. The van der Waals surface area contributed by atoms with Crippen molar-refractivity contribution in [1.82, 2.24) is 5.32 Å². The Hall–Kier alpha value is -1.99. The summed E-state index contributed by atoms with van der Waals surface area (Å²) < 4.78 is 5.88. The van der Waals surface area contributed by atoms with Gasteiger partial charge in [0.2, 0.25) is 5.91 Å². The summed E-state index contributed by atoms with van der Waals surface area (Å²) in [5, 5.41) is 2.74. The van der Waals surface area contributed by atoms with E-state index in [1.807, 2.05) is 12.1 Å². The van der Waals surface area contributed by atoms with E-state index in [1.165, 1.54) is 18.3 Å². The summed E-state index contributed by atoms with van der Waals surface area (Å²) in [6.07, 6.45) is 1.65. The lowest BCUT2D eigenvalue weighted by Gasteiger charge is -2.05. The minimum atomic E-state index is -0.501. The van der Waals surface area contributed by atoms with Crippen LogP contribution >= 0.6 is 27.3 Å². The van der Waals surface area contributed by atoms with Gasteiger partial charge in [0.05, 0.1) is 3.79 Å². The maximum atomic E-state index is 12.1. The van der Waals surface area contributed by atoms with Gasteiger partial charge in [-0.2, -0.15) is 0 Å². The number of benzene rings is 1. The largest absolute Gasteiger partial charge is 0.453 e. The van der Waals surface area contributed by atoms with E-state index in [2.05, 4.69) is 21.2 Å². The van der Waals surface area contributed by atoms with E-state index in [0.717, 1.165) is 22.2 Å². The fourth-order valence-electron chi connectivity index (χ4n) is 2.12. The van der Waals surface area contributed by atoms with E-state index < -0.39 is 5.97 Å². The van der Waals surface area contributed by atoms with Crippen LogP contribution in [0.4, 0.5) is 0 Å². The Morgan fingerprint density at radius 3 is 2.44 bits per heavy atom. The van der Waals surface area contributed by atoms with Gasteiger partial charge < -0.3 is 10.1 Å². The van der Waals surface area contributed by atoms with Gasteiger partial charge in [-0.15, -0.1) is 11.3 Å². The number of esters is 1. The standard InChI is InChI=1S/C18H18BrNO4S/c1-12(21)20-10-2-3-13-4-6-14(7-5-13)15(22)11-24-18(23)16-8-9-17(19)25-16/h4-9H,2-3,10-11H2,1H3,(H,20,21). The van der Waals surface area contributed by atoms with Crippen molar-refractivity contribution in [1.29, 1.82) is 0 Å². The highest BCUT2D eigenvalue weighted by Crippen LogP contribution is 2.22. The fourth-order valence-corrected chi connectivity index (χ4v) is 3.40. The first kappa shape index (κ1) is 19.3. The van der Waals surface area contributed by atoms with Crippen molar-refractivity contribution in [2.75, 3.05) is 13.2 Å². The summed E-state index contributed by atoms with van der Waals surface area (Å²) in [6.45, 7) is 1.84. The smallest absolute Gasteiger partial charge is 0.348 e. The summed E-state index contributed by atoms with van der Waals surface area (Å²) in [6, 6.07) is 10.6. The van der Waals surface area contributed by atoms with Crippen LogP contribution < -0.4 is 5.32 Å². The van der Waals surface area contributed by atoms with Crippen LogP contribution in [0.2, 0.25) is 0 Å². The maximum Gasteiger partial charge on any atom is 0.348 e. The third-order valence-corrected chi connectivity index (χ3v) is 5.00. The number of rotatable bonds is 8. The highest BCUT2D eigenvalue weighted by Gasteiger charge is 2.13. The maximum absolute atomic E-state index is 12.1. The van der Waals surface area contributed by atoms with Crippen LogP contribution in [-0.4, -0.2) is 30.8 Å². The van der Waals surface area contributed by atoms with Crippen LogP contribution in [0.1, 0.15) is 38.9 Å². The van der Waals surface area contributed by atoms with Gasteiger partial charge in [-0.25, -0.2) is 4.79 Å². The number of aryl methyl sites for hydroxylation is 1. The molecule has 1 amide bonds. The number of hydrogen-bond acceptors (Lipinski definition) is 5. The van der Waals surface area contributed by atoms with Crippen LogP contribution in [0.15, 0.2) is 40.2 Å². The summed E-state index contributed by atoms with van der Waals surface area (Å²) in [7, 11) is 0. The Labute approximate surface area is 158 Å². The van der Waals surface area contributed by atoms with E-state index in [1.54, 1.807) is 24.3 Å². The van der Waals surface area contributed by atoms with E-state index in [-0.39, 0.29) is 18.3 Å². The molecule has 0 bridgehead atoms. The van der Waals surface area contributed by atoms with E-state index >= 15 is 0 Å². The highest BCUT2D eigenvalue weighted by molar-refractivity contribution is 9.11. The molecule has 1 heterocycles. The monoisotopic (exact) mass is 423 g/mol. The fraction of sp³-hybridized carbons (Fsp3) is 0.278. The number of nitrogens with one attached hydrogen (secondary N) is 1. The van der Waals surface area contributed by atoms with E-state index in [9.17, 15) is 14.4 Å². The zero-order chi connectivity index (χ0) is 18.2. The molecule has 0 aliphatic heterocycles. The number of hydrogen-bond donors (Lipinski definition) is 1. The number of ether oxygens (including phenoxy) is 1. The molecular weight excluding hydrogens is 406 g/mol. The average Bonchev–Trinajstić information content (AvgIpc) is 3.03. The molecule has 2 rings (SSSR count). The lowest BCUT2D eigenvalue weighted by molar-refractivity contribution is -0.118. The molecule has 0 atom stereocenters. The predicted octanol–water partition coefficient (Wildman–Crippen LogP) is 3.62. The van der Waals surface area contributed by atoms with Crippen LogP contribution in [0.3, 0.4) is 0 Å². The van der Waals surface area contributed by atoms with Gasteiger partial charge in [-0.1, -0.05) is 24.3 Å². The predicted molar refractivity (Wildman–Crippen MR) is 100 cm³/mol. The molecule has 0 saturated carbocycles. The zero-order valence-electron chi connectivity index (χ0n) is 13.7. The van der Waals surface area contributed by atoms with Gasteiger partial charge in [-0.05, 0) is 46.5 Å². The minimum absolute atomic E-state index is 0.0367. The third-order valence-electron chi connectivity index (χ3n) is 3.40. The molecule has 0 unspecified atom stereocenters. The molecular formula is C18H18BrNO4S. The molecule has 1 aromatic heterocycles. The number of halogens is 1. The van der Waals surface area contributed by atoms with Crippen molar-refractivity contribution < 1.29 is 19.1 Å². The van der Waals surface area contributed by atoms with Crippen molar-refractivity contribution in [3.63, 3.8) is 0 Å². The highest BCUT2D eigenvalue weighted by atomic mass is 79.9. The van der Waals surface area contributed by atoms with Gasteiger partial charge >= 0.3 is 5.97 Å². The van der Waals surface area contributed by atoms with Crippen LogP contribution in [0, 0.1) is 0 Å². The first-order valence-electron chi connectivity index (χ1n) is 7.75. The molecule has 5 nitrogen and oxygen atoms in total. The van der Waals surface area contributed by atoms with Gasteiger partial charge in [0.15, 0.2) is 12.4 Å². The Kier molecular flexibility index (Phi) is 7.33. The van der Waals surface area contributed by atoms with Gasteiger partial charge in [-0.3, -0.25) is 9.59 Å². The molecule has 132 valence electrons. The molecule has 1 aromatic carbocycles. The van der Waals surface area contributed by atoms with E-state index in [4.69, 9.17) is 4.74 Å². The van der Waals surface area contributed by atoms with Crippen molar-refractivity contribution >= 4 is 44.9 Å². The third kappa shape index (κ3) is 6.43. The second-order valence-electron chi connectivity index (χ2n) is 5.39. The molecule has 1 N–H and O–H groups in total. The number of ketones is 1. The number of carbonyl (C=O) groups is 3. The molecule has 0 radical (unpaired) electrons. The first-order chi connectivity index (χ1) is 12.0. The zero-order valence-corrected chi connectivity index (χ0v) is 16.1. The van der Waals surface area contributed by atoms with Gasteiger partial charge in [0.25, 0.3) is 0 Å². The van der Waals surface area contributed by atoms with Crippen molar-refractivity contribution in [2.24, 2.45) is 0 Å². The Morgan fingerprint density at radius 1 is 1.12 bits per heavy atom. The normalized spacial score (nSPS) is 10.3. The number of Topliss-reactive ketones (excluding diaryl/α,β-unsaturated/α-hetero) is 1. The van der Waals surface area contributed by atoms with E-state index in [0.29, 0.717) is 17.0 Å². The molecule has 0 aliphatic rings. The Morgan fingerprint density at radius 2 is 1.84 bits per heavy atom. The summed E-state index contributed by atoms with van der Waals surface area (Å²) in [5.74, 6) is -0.780. The average molecular weight is 424 g/mol. The molecule has 7 heteroatoms. The van der Waals surface area contributed by atoms with Crippen LogP contribution in [0.5, 0.6) is 0 Å². The van der Waals surface area contributed by atoms with Crippen LogP contribution in [-0.2, 0) is 16.0 Å². The quantitative estimate of drug-likeness (QED) is 0.399. The van der Waals surface area contributed by atoms with Gasteiger partial charge in [0.1, 0.15) is 4.88 Å². The molecule has 0 saturated heterocycles. The molecule has 0 fully saturated rings. The second kappa shape index (κ2) is 9.48. The Bertz CT molecular complexity index is 755. The molecule has 0 spiro atoms. The minimum Gasteiger partial charge on any atom is -0.453 e. The van der Waals surface area contributed by atoms with Gasteiger partial charge in [0, 0.05) is 19.0 Å². The van der Waals surface area contributed by atoms with Crippen molar-refractivity contribution in [3.05, 3.63) is 56.2 Å².